The van der Waals surface area contributed by atoms with Gasteiger partial charge in [-0.25, -0.2) is 15.0 Å². The van der Waals surface area contributed by atoms with Crippen LogP contribution in [0.5, 0.6) is 0 Å². The fourth-order valence-electron chi connectivity index (χ4n) is 3.16. The molecule has 4 N–H and O–H groups in total. The average Bonchev–Trinajstić information content (AvgIpc) is 3.39. The maximum atomic E-state index is 4.78. The molecular weight excluding hydrogens is 342 g/mol. The Morgan fingerprint density at radius 1 is 1.11 bits per heavy atom. The highest BCUT2D eigenvalue weighted by Gasteiger charge is 2.16. The van der Waals surface area contributed by atoms with Crippen molar-refractivity contribution in [2.24, 2.45) is 0 Å². The Morgan fingerprint density at radius 2 is 2.04 bits per heavy atom. The average molecular weight is 359 g/mol. The van der Waals surface area contributed by atoms with Gasteiger partial charge in [0.2, 0.25) is 0 Å². The quantitative estimate of drug-likeness (QED) is 0.392. The molecule has 0 atom stereocenters. The zero-order chi connectivity index (χ0) is 18.4. The van der Waals surface area contributed by atoms with Crippen molar-refractivity contribution in [1.82, 2.24) is 35.1 Å². The third kappa shape index (κ3) is 2.48. The van der Waals surface area contributed by atoms with Gasteiger partial charge in [-0.15, -0.1) is 0 Å². The molecule has 1 aromatic carbocycles. The first-order chi connectivity index (χ1) is 13.2. The summed E-state index contributed by atoms with van der Waals surface area (Å²) in [6, 6.07) is 8.00. The Hall–Kier alpha value is -3.88. The summed E-state index contributed by atoms with van der Waals surface area (Å²) in [4.78, 5) is 21.8. The largest absolute Gasteiger partial charge is 0.376 e. The molecule has 9 heteroatoms. The minimum atomic E-state index is 0.703. The van der Waals surface area contributed by atoms with Crippen LogP contribution in [-0.4, -0.2) is 49.2 Å². The van der Waals surface area contributed by atoms with E-state index in [2.05, 4.69) is 35.5 Å². The van der Waals surface area contributed by atoms with Crippen molar-refractivity contribution in [1.29, 1.82) is 0 Å². The summed E-state index contributed by atoms with van der Waals surface area (Å²) in [5, 5.41) is 11.4. The van der Waals surface area contributed by atoms with Crippen LogP contribution in [0, 0.1) is 0 Å². The van der Waals surface area contributed by atoms with Gasteiger partial charge in [-0.1, -0.05) is 6.07 Å². The number of nitrogens with zero attached hydrogens (tertiary/aromatic N) is 5. The Bertz CT molecular complexity index is 1240. The molecule has 0 aliphatic carbocycles. The van der Waals surface area contributed by atoms with Crippen molar-refractivity contribution in [2.45, 2.75) is 0 Å². The molecule has 0 bridgehead atoms. The lowest BCUT2D eigenvalue weighted by Gasteiger charge is -2.12. The fourth-order valence-corrected chi connectivity index (χ4v) is 3.16. The third-order valence-electron chi connectivity index (χ3n) is 4.46. The van der Waals surface area contributed by atoms with Crippen molar-refractivity contribution in [3.8, 4) is 11.5 Å². The molecule has 134 valence electrons. The van der Waals surface area contributed by atoms with E-state index in [4.69, 9.17) is 4.98 Å². The summed E-state index contributed by atoms with van der Waals surface area (Å²) in [7, 11) is 4.01. The van der Waals surface area contributed by atoms with E-state index in [0.717, 1.165) is 39.1 Å². The van der Waals surface area contributed by atoms with Crippen LogP contribution in [0.25, 0.3) is 33.6 Å². The fraction of sp³-hybridized carbons (Fsp3) is 0.111. The molecular formula is C18H17N9. The van der Waals surface area contributed by atoms with Crippen LogP contribution in [0.2, 0.25) is 0 Å². The number of fused-ring (bicyclic) bond motifs is 2. The van der Waals surface area contributed by atoms with Crippen LogP contribution >= 0.6 is 0 Å². The topological polar surface area (TPSA) is 114 Å². The van der Waals surface area contributed by atoms with E-state index in [1.165, 1.54) is 6.33 Å². The maximum Gasteiger partial charge on any atom is 0.158 e. The second kappa shape index (κ2) is 5.84. The number of anilines is 3. The van der Waals surface area contributed by atoms with Gasteiger partial charge in [-0.3, -0.25) is 5.10 Å². The molecule has 4 aromatic heterocycles. The van der Waals surface area contributed by atoms with Crippen LogP contribution in [0.1, 0.15) is 0 Å². The number of aromatic amines is 3. The molecule has 0 saturated carbocycles. The van der Waals surface area contributed by atoms with Crippen molar-refractivity contribution in [2.75, 3.05) is 24.3 Å². The molecule has 9 nitrogen and oxygen atoms in total. The second-order valence-corrected chi connectivity index (χ2v) is 6.40. The summed E-state index contributed by atoms with van der Waals surface area (Å²) in [6.45, 7) is 0. The van der Waals surface area contributed by atoms with E-state index in [1.807, 2.05) is 49.5 Å². The molecule has 0 aliphatic rings. The van der Waals surface area contributed by atoms with Gasteiger partial charge in [-0.2, -0.15) is 5.10 Å². The smallest absolute Gasteiger partial charge is 0.158 e. The Labute approximate surface area is 153 Å². The van der Waals surface area contributed by atoms with E-state index >= 15 is 0 Å². The first kappa shape index (κ1) is 15.4. The Kier molecular flexibility index (Phi) is 3.32. The van der Waals surface area contributed by atoms with Gasteiger partial charge < -0.3 is 20.2 Å². The third-order valence-corrected chi connectivity index (χ3v) is 4.46. The second-order valence-electron chi connectivity index (χ2n) is 6.40. The van der Waals surface area contributed by atoms with Gasteiger partial charge in [0.25, 0.3) is 0 Å². The van der Waals surface area contributed by atoms with E-state index in [9.17, 15) is 0 Å². The van der Waals surface area contributed by atoms with Crippen molar-refractivity contribution >= 4 is 39.3 Å². The van der Waals surface area contributed by atoms with Crippen LogP contribution in [-0.2, 0) is 0 Å². The number of benzene rings is 1. The van der Waals surface area contributed by atoms with E-state index in [0.29, 0.717) is 11.6 Å². The van der Waals surface area contributed by atoms with E-state index in [-0.39, 0.29) is 0 Å². The molecule has 4 heterocycles. The number of H-pyrrole nitrogens is 3. The zero-order valence-electron chi connectivity index (χ0n) is 14.8. The predicted molar refractivity (Wildman–Crippen MR) is 105 cm³/mol. The monoisotopic (exact) mass is 359 g/mol. The minimum Gasteiger partial charge on any atom is -0.376 e. The molecule has 0 aliphatic heterocycles. The molecule has 0 radical (unpaired) electrons. The number of imidazole rings is 1. The van der Waals surface area contributed by atoms with Crippen LogP contribution in [0.15, 0.2) is 43.0 Å². The number of rotatable bonds is 4. The number of hydrogen-bond donors (Lipinski definition) is 4. The number of nitrogens with one attached hydrogen (secondary N) is 4. The number of para-hydroxylation sites is 1. The minimum absolute atomic E-state index is 0.703. The summed E-state index contributed by atoms with van der Waals surface area (Å²) in [6.07, 6.45) is 5.07. The van der Waals surface area contributed by atoms with Gasteiger partial charge in [0.05, 0.1) is 28.5 Å². The molecule has 0 spiro atoms. The highest BCUT2D eigenvalue weighted by molar-refractivity contribution is 5.93. The Balaban J connectivity index is 1.58. The molecule has 5 aromatic rings. The van der Waals surface area contributed by atoms with Gasteiger partial charge in [-0.05, 0) is 18.2 Å². The first-order valence-corrected chi connectivity index (χ1v) is 8.45. The van der Waals surface area contributed by atoms with Crippen LogP contribution in [0.3, 0.4) is 0 Å². The summed E-state index contributed by atoms with van der Waals surface area (Å²) in [5.74, 6) is 1.41. The van der Waals surface area contributed by atoms with Crippen LogP contribution < -0.4 is 10.2 Å². The van der Waals surface area contributed by atoms with Crippen molar-refractivity contribution in [3.05, 3.63) is 43.0 Å². The SMILES string of the molecule is CN(C)c1cccc2[nH]c(-c3[nH]ncc3Nc3ncnc4[nH]ccc34)nc12. The zero-order valence-corrected chi connectivity index (χ0v) is 14.8. The molecule has 0 unspecified atom stereocenters. The van der Waals surface area contributed by atoms with Crippen molar-refractivity contribution < 1.29 is 0 Å². The molecule has 27 heavy (non-hydrogen) atoms. The standard InChI is InChI=1S/C18H17N9/c1-27(2)13-5-3-4-11-14(13)25-18(23-11)15-12(8-22-26-15)24-17-10-6-7-19-16(10)20-9-21-17/h3-9H,1-2H3,(H,22,26)(H,23,25)(H2,19,20,21,24). The lowest BCUT2D eigenvalue weighted by Crippen LogP contribution is -2.08. The van der Waals surface area contributed by atoms with E-state index in [1.54, 1.807) is 6.20 Å². The van der Waals surface area contributed by atoms with Gasteiger partial charge >= 0.3 is 0 Å². The van der Waals surface area contributed by atoms with Gasteiger partial charge in [0.15, 0.2) is 5.82 Å². The summed E-state index contributed by atoms with van der Waals surface area (Å²) < 4.78 is 0. The highest BCUT2D eigenvalue weighted by Crippen LogP contribution is 2.31. The number of aromatic nitrogens is 7. The first-order valence-electron chi connectivity index (χ1n) is 8.45. The normalized spacial score (nSPS) is 11.3. The van der Waals surface area contributed by atoms with Gasteiger partial charge in [0, 0.05) is 20.3 Å². The summed E-state index contributed by atoms with van der Waals surface area (Å²) in [5.41, 5.74) is 5.24. The molecule has 5 rings (SSSR count). The number of hydrogen-bond acceptors (Lipinski definition) is 6. The van der Waals surface area contributed by atoms with Crippen LogP contribution in [0.4, 0.5) is 17.2 Å². The molecule has 0 fully saturated rings. The van der Waals surface area contributed by atoms with E-state index < -0.39 is 0 Å². The maximum absolute atomic E-state index is 4.78. The van der Waals surface area contributed by atoms with Gasteiger partial charge in [0.1, 0.15) is 29.0 Å². The molecule has 0 amide bonds. The highest BCUT2D eigenvalue weighted by atomic mass is 15.2. The Morgan fingerprint density at radius 3 is 2.93 bits per heavy atom. The predicted octanol–water partition coefficient (Wildman–Crippen LogP) is 3.03. The molecule has 0 saturated heterocycles. The lowest BCUT2D eigenvalue weighted by atomic mass is 10.2. The van der Waals surface area contributed by atoms with Crippen molar-refractivity contribution in [3.63, 3.8) is 0 Å². The summed E-state index contributed by atoms with van der Waals surface area (Å²) >= 11 is 0. The lowest BCUT2D eigenvalue weighted by molar-refractivity contribution is 1.08.